The standard InChI is InChI=1S/C15H23N3O2/c19-10-9-17(12-14-5-4-6-16-11-14)13-15(20)18-7-2-1-3-8-18/h4-6,11,19H,1-3,7-10,12-13H2. The lowest BCUT2D eigenvalue weighted by Crippen LogP contribution is -2.43. The van der Waals surface area contributed by atoms with Gasteiger partial charge in [-0.2, -0.15) is 0 Å². The fourth-order valence-corrected chi connectivity index (χ4v) is 2.54. The van der Waals surface area contributed by atoms with Crippen LogP contribution in [0, 0.1) is 0 Å². The molecule has 20 heavy (non-hydrogen) atoms. The van der Waals surface area contributed by atoms with Crippen molar-refractivity contribution in [3.8, 4) is 0 Å². The van der Waals surface area contributed by atoms with Crippen molar-refractivity contribution < 1.29 is 9.90 Å². The highest BCUT2D eigenvalue weighted by molar-refractivity contribution is 5.78. The molecule has 0 saturated carbocycles. The molecule has 110 valence electrons. The summed E-state index contributed by atoms with van der Waals surface area (Å²) in [5, 5.41) is 9.16. The van der Waals surface area contributed by atoms with Crippen molar-refractivity contribution in [3.63, 3.8) is 0 Å². The number of pyridine rings is 1. The van der Waals surface area contributed by atoms with Crippen molar-refractivity contribution in [1.29, 1.82) is 0 Å². The first-order valence-corrected chi connectivity index (χ1v) is 7.29. The van der Waals surface area contributed by atoms with Crippen LogP contribution in [0.15, 0.2) is 24.5 Å². The minimum absolute atomic E-state index is 0.0630. The SMILES string of the molecule is O=C(CN(CCO)Cc1cccnc1)N1CCCCC1. The maximum Gasteiger partial charge on any atom is 0.236 e. The van der Waals surface area contributed by atoms with Crippen LogP contribution in [0.1, 0.15) is 24.8 Å². The zero-order chi connectivity index (χ0) is 14.2. The van der Waals surface area contributed by atoms with Crippen molar-refractivity contribution in [1.82, 2.24) is 14.8 Å². The molecule has 0 bridgehead atoms. The van der Waals surface area contributed by atoms with E-state index in [1.807, 2.05) is 21.9 Å². The summed E-state index contributed by atoms with van der Waals surface area (Å²) in [7, 11) is 0. The van der Waals surface area contributed by atoms with Crippen LogP contribution in [0.5, 0.6) is 0 Å². The summed E-state index contributed by atoms with van der Waals surface area (Å²) >= 11 is 0. The van der Waals surface area contributed by atoms with Gasteiger partial charge in [-0.15, -0.1) is 0 Å². The van der Waals surface area contributed by atoms with E-state index in [0.29, 0.717) is 19.6 Å². The van der Waals surface area contributed by atoms with E-state index in [2.05, 4.69) is 4.98 Å². The highest BCUT2D eigenvalue weighted by Crippen LogP contribution is 2.10. The van der Waals surface area contributed by atoms with Crippen molar-refractivity contribution >= 4 is 5.91 Å². The van der Waals surface area contributed by atoms with Crippen LogP contribution in [0.4, 0.5) is 0 Å². The monoisotopic (exact) mass is 277 g/mol. The summed E-state index contributed by atoms with van der Waals surface area (Å²) in [4.78, 5) is 20.3. The van der Waals surface area contributed by atoms with E-state index in [-0.39, 0.29) is 12.5 Å². The molecule has 5 heteroatoms. The fraction of sp³-hybridized carbons (Fsp3) is 0.600. The van der Waals surface area contributed by atoms with Gasteiger partial charge >= 0.3 is 0 Å². The number of amides is 1. The molecule has 1 aliphatic heterocycles. The van der Waals surface area contributed by atoms with E-state index in [9.17, 15) is 4.79 Å². The second-order valence-corrected chi connectivity index (χ2v) is 5.24. The number of carbonyl (C=O) groups is 1. The molecule has 1 N–H and O–H groups in total. The smallest absolute Gasteiger partial charge is 0.236 e. The van der Waals surface area contributed by atoms with Gasteiger partial charge in [0.05, 0.1) is 13.2 Å². The zero-order valence-corrected chi connectivity index (χ0v) is 11.9. The topological polar surface area (TPSA) is 56.7 Å². The van der Waals surface area contributed by atoms with E-state index >= 15 is 0 Å². The Morgan fingerprint density at radius 2 is 2.15 bits per heavy atom. The summed E-state index contributed by atoms with van der Waals surface area (Å²) in [6, 6.07) is 3.88. The maximum atomic E-state index is 12.3. The van der Waals surface area contributed by atoms with Gasteiger partial charge in [-0.05, 0) is 30.9 Å². The van der Waals surface area contributed by atoms with Crippen LogP contribution in [0.3, 0.4) is 0 Å². The molecule has 1 fully saturated rings. The van der Waals surface area contributed by atoms with Crippen molar-refractivity contribution in [2.24, 2.45) is 0 Å². The van der Waals surface area contributed by atoms with Gasteiger partial charge in [0.1, 0.15) is 0 Å². The molecular formula is C15H23N3O2. The molecule has 1 aromatic heterocycles. The molecule has 5 nitrogen and oxygen atoms in total. The van der Waals surface area contributed by atoms with Gasteiger partial charge in [0.15, 0.2) is 0 Å². The van der Waals surface area contributed by atoms with Crippen LogP contribution in [0.2, 0.25) is 0 Å². The number of piperidine rings is 1. The Morgan fingerprint density at radius 3 is 2.80 bits per heavy atom. The molecular weight excluding hydrogens is 254 g/mol. The lowest BCUT2D eigenvalue weighted by molar-refractivity contribution is -0.133. The molecule has 0 aliphatic carbocycles. The normalized spacial score (nSPS) is 15.6. The first-order chi connectivity index (χ1) is 9.79. The summed E-state index contributed by atoms with van der Waals surface area (Å²) in [5.41, 5.74) is 1.06. The minimum atomic E-state index is 0.0630. The van der Waals surface area contributed by atoms with E-state index in [1.54, 1.807) is 12.4 Å². The van der Waals surface area contributed by atoms with Gasteiger partial charge in [0, 0.05) is 38.6 Å². The lowest BCUT2D eigenvalue weighted by Gasteiger charge is -2.29. The third-order valence-electron chi connectivity index (χ3n) is 3.61. The van der Waals surface area contributed by atoms with Gasteiger partial charge in [-0.25, -0.2) is 0 Å². The Kier molecular flexibility index (Phi) is 5.95. The number of carbonyl (C=O) groups excluding carboxylic acids is 1. The fourth-order valence-electron chi connectivity index (χ4n) is 2.54. The summed E-state index contributed by atoms with van der Waals surface area (Å²) in [6.07, 6.45) is 6.97. The van der Waals surface area contributed by atoms with E-state index in [0.717, 1.165) is 31.5 Å². The summed E-state index contributed by atoms with van der Waals surface area (Å²) in [5.74, 6) is 0.169. The molecule has 1 saturated heterocycles. The molecule has 0 radical (unpaired) electrons. The van der Waals surface area contributed by atoms with Crippen LogP contribution >= 0.6 is 0 Å². The van der Waals surface area contributed by atoms with E-state index in [4.69, 9.17) is 5.11 Å². The highest BCUT2D eigenvalue weighted by Gasteiger charge is 2.19. The van der Waals surface area contributed by atoms with Crippen molar-refractivity contribution in [3.05, 3.63) is 30.1 Å². The van der Waals surface area contributed by atoms with E-state index in [1.165, 1.54) is 6.42 Å². The number of nitrogens with zero attached hydrogens (tertiary/aromatic N) is 3. The Bertz CT molecular complexity index is 405. The molecule has 0 atom stereocenters. The Hall–Kier alpha value is -1.46. The zero-order valence-electron chi connectivity index (χ0n) is 11.9. The molecule has 1 amide bonds. The molecule has 1 aromatic rings. The number of hydrogen-bond donors (Lipinski definition) is 1. The lowest BCUT2D eigenvalue weighted by atomic mass is 10.1. The van der Waals surface area contributed by atoms with Gasteiger partial charge in [-0.3, -0.25) is 14.7 Å². The van der Waals surface area contributed by atoms with Gasteiger partial charge in [0.2, 0.25) is 5.91 Å². The Morgan fingerprint density at radius 1 is 1.35 bits per heavy atom. The predicted molar refractivity (Wildman–Crippen MR) is 77.0 cm³/mol. The number of likely N-dealkylation sites (tertiary alicyclic amines) is 1. The number of hydrogen-bond acceptors (Lipinski definition) is 4. The first kappa shape index (κ1) is 14.9. The van der Waals surface area contributed by atoms with Crippen molar-refractivity contribution in [2.75, 3.05) is 32.8 Å². The van der Waals surface area contributed by atoms with Crippen LogP contribution in [-0.2, 0) is 11.3 Å². The first-order valence-electron chi connectivity index (χ1n) is 7.29. The molecule has 0 spiro atoms. The largest absolute Gasteiger partial charge is 0.395 e. The third kappa shape index (κ3) is 4.58. The number of rotatable bonds is 6. The highest BCUT2D eigenvalue weighted by atomic mass is 16.3. The molecule has 0 unspecified atom stereocenters. The van der Waals surface area contributed by atoms with Gasteiger partial charge in [0.25, 0.3) is 0 Å². The summed E-state index contributed by atoms with van der Waals surface area (Å²) < 4.78 is 0. The second kappa shape index (κ2) is 7.97. The van der Waals surface area contributed by atoms with Crippen molar-refractivity contribution in [2.45, 2.75) is 25.8 Å². The van der Waals surface area contributed by atoms with E-state index < -0.39 is 0 Å². The molecule has 2 heterocycles. The minimum Gasteiger partial charge on any atom is -0.395 e. The number of aromatic nitrogens is 1. The Labute approximate surface area is 120 Å². The van der Waals surface area contributed by atoms with Crippen LogP contribution in [-0.4, -0.2) is 58.6 Å². The number of aliphatic hydroxyl groups is 1. The predicted octanol–water partition coefficient (Wildman–Crippen LogP) is 0.888. The average Bonchev–Trinajstić information content (AvgIpc) is 2.49. The molecule has 1 aliphatic rings. The summed E-state index contributed by atoms with van der Waals surface area (Å²) in [6.45, 7) is 3.34. The molecule has 2 rings (SSSR count). The average molecular weight is 277 g/mol. The molecule has 0 aromatic carbocycles. The quantitative estimate of drug-likeness (QED) is 0.839. The second-order valence-electron chi connectivity index (χ2n) is 5.24. The Balaban J connectivity index is 1.89. The van der Waals surface area contributed by atoms with Gasteiger partial charge in [-0.1, -0.05) is 6.07 Å². The number of aliphatic hydroxyl groups excluding tert-OH is 1. The van der Waals surface area contributed by atoms with Gasteiger partial charge < -0.3 is 10.0 Å². The maximum absolute atomic E-state index is 12.3. The van der Waals surface area contributed by atoms with Crippen LogP contribution in [0.25, 0.3) is 0 Å². The third-order valence-corrected chi connectivity index (χ3v) is 3.61. The van der Waals surface area contributed by atoms with Crippen LogP contribution < -0.4 is 0 Å².